The van der Waals surface area contributed by atoms with Gasteiger partial charge in [-0.05, 0) is 18.8 Å². The Morgan fingerprint density at radius 1 is 1.57 bits per heavy atom. The highest BCUT2D eigenvalue weighted by molar-refractivity contribution is 8.13. The summed E-state index contributed by atoms with van der Waals surface area (Å²) in [6.45, 7) is 5.01. The van der Waals surface area contributed by atoms with Gasteiger partial charge >= 0.3 is 0 Å². The standard InChI is InChI=1S/C10H18N2OS/c1-8-7-13-5-3-9(8)12-10-11-4-2-6-14-10/h8-9H,2-7H2,1H3,(H,11,12). The fraction of sp³-hybridized carbons (Fsp3) is 0.900. The van der Waals surface area contributed by atoms with Gasteiger partial charge in [0.25, 0.3) is 0 Å². The number of amidine groups is 1. The Hall–Kier alpha value is -0.220. The molecule has 0 saturated carbocycles. The minimum atomic E-state index is 0.563. The average molecular weight is 214 g/mol. The van der Waals surface area contributed by atoms with Gasteiger partial charge in [-0.25, -0.2) is 0 Å². The molecule has 0 aromatic heterocycles. The van der Waals surface area contributed by atoms with Crippen LogP contribution in [0.5, 0.6) is 0 Å². The van der Waals surface area contributed by atoms with E-state index in [1.54, 1.807) is 0 Å². The number of hydrogen-bond acceptors (Lipinski definition) is 4. The number of nitrogens with zero attached hydrogens (tertiary/aromatic N) is 1. The van der Waals surface area contributed by atoms with Gasteiger partial charge in [-0.15, -0.1) is 0 Å². The van der Waals surface area contributed by atoms with Crippen LogP contribution in [-0.2, 0) is 4.74 Å². The van der Waals surface area contributed by atoms with E-state index >= 15 is 0 Å². The number of nitrogens with one attached hydrogen (secondary N) is 1. The van der Waals surface area contributed by atoms with Crippen LogP contribution in [0, 0.1) is 5.92 Å². The topological polar surface area (TPSA) is 33.6 Å². The fourth-order valence-corrected chi connectivity index (χ4v) is 2.68. The molecule has 80 valence electrons. The molecule has 2 aliphatic heterocycles. The quantitative estimate of drug-likeness (QED) is 0.718. The first-order valence-electron chi connectivity index (χ1n) is 5.38. The zero-order chi connectivity index (χ0) is 9.80. The number of thioether (sulfide) groups is 1. The van der Waals surface area contributed by atoms with E-state index in [4.69, 9.17) is 4.74 Å². The van der Waals surface area contributed by atoms with Gasteiger partial charge in [0.05, 0.1) is 6.61 Å². The first-order chi connectivity index (χ1) is 6.86. The lowest BCUT2D eigenvalue weighted by Gasteiger charge is -2.31. The molecular weight excluding hydrogens is 196 g/mol. The molecule has 0 radical (unpaired) electrons. The van der Waals surface area contributed by atoms with Crippen molar-refractivity contribution >= 4 is 16.9 Å². The molecule has 2 atom stereocenters. The van der Waals surface area contributed by atoms with E-state index in [1.807, 2.05) is 11.8 Å². The summed E-state index contributed by atoms with van der Waals surface area (Å²) in [5.41, 5.74) is 0. The van der Waals surface area contributed by atoms with Crippen molar-refractivity contribution in [3.05, 3.63) is 0 Å². The Labute approximate surface area is 89.7 Å². The summed E-state index contributed by atoms with van der Waals surface area (Å²) < 4.78 is 5.41. The minimum absolute atomic E-state index is 0.563. The van der Waals surface area contributed by atoms with Crippen LogP contribution in [0.1, 0.15) is 19.8 Å². The van der Waals surface area contributed by atoms with Gasteiger partial charge in [-0.1, -0.05) is 18.7 Å². The van der Waals surface area contributed by atoms with Crippen LogP contribution in [0.3, 0.4) is 0 Å². The van der Waals surface area contributed by atoms with Crippen molar-refractivity contribution in [1.82, 2.24) is 5.32 Å². The van der Waals surface area contributed by atoms with Crippen LogP contribution in [0.4, 0.5) is 0 Å². The second-order valence-electron chi connectivity index (χ2n) is 3.98. The smallest absolute Gasteiger partial charge is 0.156 e. The lowest BCUT2D eigenvalue weighted by atomic mass is 9.98. The third kappa shape index (κ3) is 2.64. The predicted molar refractivity (Wildman–Crippen MR) is 60.9 cm³/mol. The molecule has 0 aromatic rings. The number of rotatable bonds is 1. The Bertz CT molecular complexity index is 220. The summed E-state index contributed by atoms with van der Waals surface area (Å²) in [6.07, 6.45) is 2.33. The highest BCUT2D eigenvalue weighted by Crippen LogP contribution is 2.17. The van der Waals surface area contributed by atoms with Gasteiger partial charge in [-0.2, -0.15) is 0 Å². The maximum absolute atomic E-state index is 5.41. The predicted octanol–water partition coefficient (Wildman–Crippen LogP) is 1.49. The zero-order valence-electron chi connectivity index (χ0n) is 8.66. The summed E-state index contributed by atoms with van der Waals surface area (Å²) in [4.78, 5) is 4.49. The van der Waals surface area contributed by atoms with Gasteiger partial charge in [0, 0.05) is 24.9 Å². The van der Waals surface area contributed by atoms with Crippen molar-refractivity contribution in [2.75, 3.05) is 25.5 Å². The molecule has 0 spiro atoms. The van der Waals surface area contributed by atoms with E-state index in [0.29, 0.717) is 12.0 Å². The molecule has 0 bridgehead atoms. The maximum atomic E-state index is 5.41. The van der Waals surface area contributed by atoms with E-state index in [1.165, 1.54) is 12.2 Å². The number of ether oxygens (including phenoxy) is 1. The van der Waals surface area contributed by atoms with E-state index in [-0.39, 0.29) is 0 Å². The molecule has 1 fully saturated rings. The third-order valence-electron chi connectivity index (χ3n) is 2.75. The van der Waals surface area contributed by atoms with Crippen molar-refractivity contribution in [3.63, 3.8) is 0 Å². The van der Waals surface area contributed by atoms with Crippen molar-refractivity contribution < 1.29 is 4.74 Å². The first-order valence-corrected chi connectivity index (χ1v) is 6.36. The summed E-state index contributed by atoms with van der Waals surface area (Å²) in [6, 6.07) is 0.563. The van der Waals surface area contributed by atoms with Crippen LogP contribution in [0.2, 0.25) is 0 Å². The molecule has 0 aliphatic carbocycles. The molecule has 2 rings (SSSR count). The molecule has 14 heavy (non-hydrogen) atoms. The molecule has 2 heterocycles. The van der Waals surface area contributed by atoms with Crippen LogP contribution in [0.25, 0.3) is 0 Å². The summed E-state index contributed by atoms with van der Waals surface area (Å²) in [7, 11) is 0. The van der Waals surface area contributed by atoms with Crippen LogP contribution < -0.4 is 5.32 Å². The minimum Gasteiger partial charge on any atom is -0.381 e. The Morgan fingerprint density at radius 2 is 2.50 bits per heavy atom. The molecule has 0 aromatic carbocycles. The van der Waals surface area contributed by atoms with Gasteiger partial charge in [0.15, 0.2) is 5.17 Å². The highest BCUT2D eigenvalue weighted by Gasteiger charge is 2.23. The van der Waals surface area contributed by atoms with Crippen molar-refractivity contribution in [1.29, 1.82) is 0 Å². The van der Waals surface area contributed by atoms with Gasteiger partial charge < -0.3 is 10.1 Å². The molecule has 2 aliphatic rings. The van der Waals surface area contributed by atoms with Crippen molar-refractivity contribution in [2.45, 2.75) is 25.8 Å². The van der Waals surface area contributed by atoms with Gasteiger partial charge in [0.2, 0.25) is 0 Å². The molecule has 1 N–H and O–H groups in total. The second-order valence-corrected chi connectivity index (χ2v) is 5.06. The van der Waals surface area contributed by atoms with E-state index in [0.717, 1.165) is 31.3 Å². The Balaban J connectivity index is 1.85. The average Bonchev–Trinajstić information content (AvgIpc) is 2.23. The van der Waals surface area contributed by atoms with Crippen LogP contribution in [0.15, 0.2) is 4.99 Å². The monoisotopic (exact) mass is 214 g/mol. The van der Waals surface area contributed by atoms with E-state index in [9.17, 15) is 0 Å². The molecule has 2 unspecified atom stereocenters. The molecule has 0 amide bonds. The normalized spacial score (nSPS) is 33.6. The molecule has 1 saturated heterocycles. The largest absolute Gasteiger partial charge is 0.381 e. The molecule has 3 nitrogen and oxygen atoms in total. The summed E-state index contributed by atoms with van der Waals surface area (Å²) in [5.74, 6) is 1.82. The molecule has 4 heteroatoms. The van der Waals surface area contributed by atoms with Crippen LogP contribution >= 0.6 is 11.8 Å². The van der Waals surface area contributed by atoms with E-state index < -0.39 is 0 Å². The third-order valence-corrected chi connectivity index (χ3v) is 3.76. The SMILES string of the molecule is CC1COCCC1NC1=NCCCS1. The highest BCUT2D eigenvalue weighted by atomic mass is 32.2. The van der Waals surface area contributed by atoms with E-state index in [2.05, 4.69) is 17.2 Å². The maximum Gasteiger partial charge on any atom is 0.156 e. The lowest BCUT2D eigenvalue weighted by Crippen LogP contribution is -2.44. The number of aliphatic imine (C=N–C) groups is 1. The first kappa shape index (κ1) is 10.3. The van der Waals surface area contributed by atoms with Gasteiger partial charge in [0.1, 0.15) is 0 Å². The van der Waals surface area contributed by atoms with Crippen molar-refractivity contribution in [2.24, 2.45) is 10.9 Å². The summed E-state index contributed by atoms with van der Waals surface area (Å²) in [5, 5.41) is 4.69. The zero-order valence-corrected chi connectivity index (χ0v) is 9.48. The Morgan fingerprint density at radius 3 is 3.21 bits per heavy atom. The fourth-order valence-electron chi connectivity index (χ4n) is 1.80. The van der Waals surface area contributed by atoms with Crippen LogP contribution in [-0.4, -0.2) is 36.7 Å². The van der Waals surface area contributed by atoms with Gasteiger partial charge in [-0.3, -0.25) is 4.99 Å². The second kappa shape index (κ2) is 5.03. The molecular formula is C10H18N2OS. The number of hydrogen-bond donors (Lipinski definition) is 1. The lowest BCUT2D eigenvalue weighted by molar-refractivity contribution is 0.0443. The van der Waals surface area contributed by atoms with Crippen molar-refractivity contribution in [3.8, 4) is 0 Å². The summed E-state index contributed by atoms with van der Waals surface area (Å²) >= 11 is 1.86. The Kier molecular flexibility index (Phi) is 3.70.